The number of hydrogen-bond donors (Lipinski definition) is 2. The Kier molecular flexibility index (Phi) is 5.57. The molecule has 6 heteroatoms. The molecule has 0 spiro atoms. The molecule has 2 N–H and O–H groups in total. The van der Waals surface area contributed by atoms with Crippen LogP contribution in [-0.4, -0.2) is 16.7 Å². The number of rotatable bonds is 6. The summed E-state index contributed by atoms with van der Waals surface area (Å²) in [6.45, 7) is -0.0725. The Morgan fingerprint density at radius 3 is 2.35 bits per heavy atom. The van der Waals surface area contributed by atoms with Crippen molar-refractivity contribution in [1.82, 2.24) is 9.99 Å². The second-order valence-electron chi connectivity index (χ2n) is 5.57. The molecule has 0 atom stereocenters. The van der Waals surface area contributed by atoms with E-state index in [1.807, 2.05) is 54.6 Å². The van der Waals surface area contributed by atoms with Crippen molar-refractivity contribution in [2.24, 2.45) is 5.10 Å². The van der Waals surface area contributed by atoms with E-state index in [2.05, 4.69) is 15.8 Å². The molecule has 0 aliphatic heterocycles. The van der Waals surface area contributed by atoms with Crippen molar-refractivity contribution in [2.75, 3.05) is 5.32 Å². The van der Waals surface area contributed by atoms with Crippen molar-refractivity contribution in [3.63, 3.8) is 0 Å². The molecule has 0 bridgehead atoms. The molecule has 0 unspecified atom stereocenters. The van der Waals surface area contributed by atoms with E-state index in [0.29, 0.717) is 0 Å². The molecule has 0 aliphatic rings. The summed E-state index contributed by atoms with van der Waals surface area (Å²) < 4.78 is 1.31. The minimum Gasteiger partial charge on any atom is -0.356 e. The Bertz CT molecular complexity index is 947. The first kappa shape index (κ1) is 17.2. The smallest absolute Gasteiger partial charge is 0.260 e. The molecule has 0 fully saturated rings. The van der Waals surface area contributed by atoms with Crippen molar-refractivity contribution in [2.45, 2.75) is 6.54 Å². The Morgan fingerprint density at radius 1 is 0.923 bits per heavy atom. The molecule has 1 aromatic heterocycles. The van der Waals surface area contributed by atoms with E-state index < -0.39 is 0 Å². The topological polar surface area (TPSA) is 75.5 Å². The average molecular weight is 346 g/mol. The van der Waals surface area contributed by atoms with Gasteiger partial charge in [-0.3, -0.25) is 9.59 Å². The average Bonchev–Trinajstić information content (AvgIpc) is 2.66. The molecule has 1 amide bonds. The van der Waals surface area contributed by atoms with Gasteiger partial charge < -0.3 is 9.88 Å². The van der Waals surface area contributed by atoms with Gasteiger partial charge in [0.15, 0.2) is 0 Å². The number of carbonyl (C=O) groups is 1. The summed E-state index contributed by atoms with van der Waals surface area (Å²) >= 11 is 0. The number of aromatic nitrogens is 1. The van der Waals surface area contributed by atoms with Crippen molar-refractivity contribution < 1.29 is 4.79 Å². The summed E-state index contributed by atoms with van der Waals surface area (Å²) in [6.07, 6.45) is 3.11. The molecule has 3 rings (SSSR count). The zero-order valence-electron chi connectivity index (χ0n) is 14.0. The lowest BCUT2D eigenvalue weighted by Crippen LogP contribution is -2.28. The van der Waals surface area contributed by atoms with Crippen LogP contribution in [0.1, 0.15) is 5.56 Å². The predicted octanol–water partition coefficient (Wildman–Crippen LogP) is 2.74. The number of pyridine rings is 1. The summed E-state index contributed by atoms with van der Waals surface area (Å²) in [5, 5.41) is 7.21. The highest BCUT2D eigenvalue weighted by atomic mass is 16.2. The summed E-state index contributed by atoms with van der Waals surface area (Å²) in [7, 11) is 0. The molecule has 2 aromatic carbocycles. The van der Waals surface area contributed by atoms with Gasteiger partial charge in [-0.2, -0.15) is 5.10 Å². The van der Waals surface area contributed by atoms with E-state index in [1.165, 1.54) is 10.6 Å². The van der Waals surface area contributed by atoms with Crippen LogP contribution in [0.2, 0.25) is 0 Å². The Labute approximate surface area is 150 Å². The van der Waals surface area contributed by atoms with E-state index in [4.69, 9.17) is 0 Å². The second-order valence-corrected chi connectivity index (χ2v) is 5.57. The van der Waals surface area contributed by atoms with Gasteiger partial charge in [-0.15, -0.1) is 0 Å². The van der Waals surface area contributed by atoms with Crippen LogP contribution < -0.4 is 16.3 Å². The van der Waals surface area contributed by atoms with Crippen LogP contribution in [0.25, 0.3) is 0 Å². The van der Waals surface area contributed by atoms with Crippen LogP contribution >= 0.6 is 0 Å². The molecular weight excluding hydrogens is 328 g/mol. The number of hydrogen-bond acceptors (Lipinski definition) is 4. The lowest BCUT2D eigenvalue weighted by atomic mass is 10.2. The van der Waals surface area contributed by atoms with E-state index in [1.54, 1.807) is 24.5 Å². The minimum atomic E-state index is -0.364. The van der Waals surface area contributed by atoms with Crippen LogP contribution in [0.3, 0.4) is 0 Å². The van der Waals surface area contributed by atoms with Gasteiger partial charge in [-0.25, -0.2) is 5.43 Å². The zero-order chi connectivity index (χ0) is 18.2. The van der Waals surface area contributed by atoms with Gasteiger partial charge in [0.2, 0.25) is 0 Å². The van der Waals surface area contributed by atoms with Gasteiger partial charge in [0.1, 0.15) is 6.54 Å². The van der Waals surface area contributed by atoms with Crippen molar-refractivity contribution in [3.8, 4) is 0 Å². The van der Waals surface area contributed by atoms with E-state index >= 15 is 0 Å². The lowest BCUT2D eigenvalue weighted by molar-refractivity contribution is -0.121. The third-order valence-electron chi connectivity index (χ3n) is 3.59. The van der Waals surface area contributed by atoms with Gasteiger partial charge in [-0.1, -0.05) is 36.4 Å². The monoisotopic (exact) mass is 346 g/mol. The fourth-order valence-electron chi connectivity index (χ4n) is 2.30. The van der Waals surface area contributed by atoms with Crippen molar-refractivity contribution in [3.05, 3.63) is 94.9 Å². The summed E-state index contributed by atoms with van der Waals surface area (Å²) in [4.78, 5) is 23.4. The zero-order valence-corrected chi connectivity index (χ0v) is 14.0. The third kappa shape index (κ3) is 4.91. The molecule has 3 aromatic rings. The minimum absolute atomic E-state index is 0.0725. The Balaban J connectivity index is 1.53. The van der Waals surface area contributed by atoms with E-state index in [0.717, 1.165) is 16.9 Å². The van der Waals surface area contributed by atoms with Gasteiger partial charge >= 0.3 is 0 Å². The molecule has 0 saturated heterocycles. The number of nitrogens with zero attached hydrogens (tertiary/aromatic N) is 2. The van der Waals surface area contributed by atoms with Gasteiger partial charge in [-0.05, 0) is 35.9 Å². The molecular formula is C20H18N4O2. The number of benzene rings is 2. The fraction of sp³-hybridized carbons (Fsp3) is 0.0500. The maximum Gasteiger partial charge on any atom is 0.260 e. The van der Waals surface area contributed by atoms with Crippen LogP contribution in [0.15, 0.2) is 88.9 Å². The first-order valence-corrected chi connectivity index (χ1v) is 8.10. The number of carbonyl (C=O) groups excluding carboxylic acids is 1. The maximum atomic E-state index is 11.8. The normalized spacial score (nSPS) is 10.6. The number of anilines is 2. The number of amides is 1. The molecule has 6 nitrogen and oxygen atoms in total. The number of hydrazone groups is 1. The first-order chi connectivity index (χ1) is 12.7. The highest BCUT2D eigenvalue weighted by molar-refractivity contribution is 5.83. The highest BCUT2D eigenvalue weighted by Crippen LogP contribution is 2.15. The summed E-state index contributed by atoms with van der Waals surface area (Å²) in [6, 6.07) is 22.3. The summed E-state index contributed by atoms with van der Waals surface area (Å²) in [5.41, 5.74) is 5.01. The second kappa shape index (κ2) is 8.43. The summed E-state index contributed by atoms with van der Waals surface area (Å²) in [5.74, 6) is -0.364. The highest BCUT2D eigenvalue weighted by Gasteiger charge is 2.02. The third-order valence-corrected chi connectivity index (χ3v) is 3.59. The standard InChI is InChI=1S/C20H18N4O2/c25-19(15-24-13-5-4-8-20(24)26)23-21-14-16-9-11-18(12-10-16)22-17-6-2-1-3-7-17/h1-14,22H,15H2,(H,23,25)/b21-14-. The quantitative estimate of drug-likeness (QED) is 0.532. The van der Waals surface area contributed by atoms with Crippen LogP contribution in [0.4, 0.5) is 11.4 Å². The van der Waals surface area contributed by atoms with Crippen molar-refractivity contribution in [1.29, 1.82) is 0 Å². The predicted molar refractivity (Wildman–Crippen MR) is 103 cm³/mol. The molecule has 26 heavy (non-hydrogen) atoms. The molecule has 0 radical (unpaired) electrons. The Hall–Kier alpha value is -3.67. The SMILES string of the molecule is O=C(Cn1ccccc1=O)N/N=C\c1ccc(Nc2ccccc2)cc1. The first-order valence-electron chi connectivity index (χ1n) is 8.10. The van der Waals surface area contributed by atoms with Crippen LogP contribution in [0, 0.1) is 0 Å². The number of nitrogens with one attached hydrogen (secondary N) is 2. The maximum absolute atomic E-state index is 11.8. The fourth-order valence-corrected chi connectivity index (χ4v) is 2.30. The van der Waals surface area contributed by atoms with Gasteiger partial charge in [0.05, 0.1) is 6.21 Å². The van der Waals surface area contributed by atoms with Crippen LogP contribution in [0.5, 0.6) is 0 Å². The molecule has 130 valence electrons. The van der Waals surface area contributed by atoms with Gasteiger partial charge in [0.25, 0.3) is 11.5 Å². The molecule has 0 aliphatic carbocycles. The van der Waals surface area contributed by atoms with Gasteiger partial charge in [0, 0.05) is 23.6 Å². The molecule has 0 saturated carbocycles. The molecule has 1 heterocycles. The van der Waals surface area contributed by atoms with E-state index in [-0.39, 0.29) is 18.0 Å². The van der Waals surface area contributed by atoms with Crippen LogP contribution in [-0.2, 0) is 11.3 Å². The Morgan fingerprint density at radius 2 is 1.62 bits per heavy atom. The number of para-hydroxylation sites is 1. The van der Waals surface area contributed by atoms with E-state index in [9.17, 15) is 9.59 Å². The van der Waals surface area contributed by atoms with Crippen molar-refractivity contribution >= 4 is 23.5 Å². The largest absolute Gasteiger partial charge is 0.356 e. The lowest BCUT2D eigenvalue weighted by Gasteiger charge is -2.06.